The molecule has 0 bridgehead atoms. The second-order valence-corrected chi connectivity index (χ2v) is 3.38. The van der Waals surface area contributed by atoms with E-state index in [0.717, 1.165) is 5.92 Å². The highest BCUT2D eigenvalue weighted by Gasteiger charge is 2.22. The summed E-state index contributed by atoms with van der Waals surface area (Å²) in [5, 5.41) is 3.34. The first-order valence-corrected chi connectivity index (χ1v) is 4.47. The van der Waals surface area contributed by atoms with Crippen molar-refractivity contribution < 1.29 is 0 Å². The number of hydrogen-bond acceptors (Lipinski definition) is 1. The summed E-state index contributed by atoms with van der Waals surface area (Å²) in [6, 6.07) is 0.502. The molecule has 2 rings (SSSR count). The van der Waals surface area contributed by atoms with E-state index in [2.05, 4.69) is 11.4 Å². The quantitative estimate of drug-likeness (QED) is 0.600. The zero-order valence-electron chi connectivity index (χ0n) is 6.72. The van der Waals surface area contributed by atoms with Crippen LogP contribution in [0.5, 0.6) is 0 Å². The highest BCUT2D eigenvalue weighted by atomic mass is 14.9. The lowest BCUT2D eigenvalue weighted by Crippen LogP contribution is -2.31. The molecule has 1 heterocycles. The molecular formula is C10H14N. The molecule has 1 nitrogen and oxygen atoms in total. The van der Waals surface area contributed by atoms with E-state index >= 15 is 0 Å². The van der Waals surface area contributed by atoms with Crippen LogP contribution in [0.2, 0.25) is 0 Å². The lowest BCUT2D eigenvalue weighted by molar-refractivity contribution is 0.438. The summed E-state index contributed by atoms with van der Waals surface area (Å²) in [6.45, 7) is 0. The molecule has 1 saturated carbocycles. The highest BCUT2D eigenvalue weighted by Crippen LogP contribution is 2.28. The third-order valence-corrected chi connectivity index (χ3v) is 2.62. The molecular weight excluding hydrogens is 134 g/mol. The maximum atomic E-state index is 3.34. The molecule has 1 fully saturated rings. The summed E-state index contributed by atoms with van der Waals surface area (Å²) in [7, 11) is 0. The predicted molar refractivity (Wildman–Crippen MR) is 45.8 cm³/mol. The Hall–Kier alpha value is -0.720. The smallest absolute Gasteiger partial charge is 0.0540 e. The van der Waals surface area contributed by atoms with E-state index in [1.54, 1.807) is 0 Å². The lowest BCUT2D eigenvalue weighted by Gasteiger charge is -2.21. The van der Waals surface area contributed by atoms with Crippen molar-refractivity contribution in [3.8, 4) is 0 Å². The maximum Gasteiger partial charge on any atom is 0.0540 e. The first-order chi connectivity index (χ1) is 5.47. The SMILES string of the molecule is [C]1=CC=CNC1C1CCCC1. The van der Waals surface area contributed by atoms with Gasteiger partial charge in [0.1, 0.15) is 0 Å². The summed E-state index contributed by atoms with van der Waals surface area (Å²) in [5.41, 5.74) is 0. The van der Waals surface area contributed by atoms with Crippen LogP contribution in [0, 0.1) is 12.0 Å². The zero-order chi connectivity index (χ0) is 7.52. The van der Waals surface area contributed by atoms with Crippen LogP contribution in [0.15, 0.2) is 18.4 Å². The third kappa shape index (κ3) is 1.47. The molecule has 1 unspecified atom stereocenters. The Labute approximate surface area is 68.2 Å². The Morgan fingerprint density at radius 1 is 1.27 bits per heavy atom. The Morgan fingerprint density at radius 2 is 2.09 bits per heavy atom. The molecule has 2 aliphatic rings. The van der Waals surface area contributed by atoms with Crippen LogP contribution in [0.3, 0.4) is 0 Å². The van der Waals surface area contributed by atoms with Crippen LogP contribution < -0.4 is 5.32 Å². The first-order valence-electron chi connectivity index (χ1n) is 4.47. The van der Waals surface area contributed by atoms with Crippen LogP contribution in [0.25, 0.3) is 0 Å². The Balaban J connectivity index is 1.94. The highest BCUT2D eigenvalue weighted by molar-refractivity contribution is 5.09. The summed E-state index contributed by atoms with van der Waals surface area (Å²) < 4.78 is 0. The van der Waals surface area contributed by atoms with Gasteiger partial charge in [-0.15, -0.1) is 0 Å². The van der Waals surface area contributed by atoms with E-state index in [4.69, 9.17) is 0 Å². The maximum absolute atomic E-state index is 3.34. The van der Waals surface area contributed by atoms with Gasteiger partial charge in [0.05, 0.1) is 6.04 Å². The van der Waals surface area contributed by atoms with Crippen molar-refractivity contribution in [2.45, 2.75) is 31.7 Å². The fourth-order valence-electron chi connectivity index (χ4n) is 1.98. The van der Waals surface area contributed by atoms with Gasteiger partial charge in [-0.2, -0.15) is 0 Å². The van der Waals surface area contributed by atoms with Crippen molar-refractivity contribution in [3.05, 3.63) is 24.4 Å². The van der Waals surface area contributed by atoms with Crippen LogP contribution in [-0.2, 0) is 0 Å². The molecule has 1 N–H and O–H groups in total. The number of hydrogen-bond donors (Lipinski definition) is 1. The zero-order valence-corrected chi connectivity index (χ0v) is 6.72. The molecule has 1 aliphatic carbocycles. The van der Waals surface area contributed by atoms with Gasteiger partial charge >= 0.3 is 0 Å². The normalized spacial score (nSPS) is 30.7. The van der Waals surface area contributed by atoms with E-state index in [1.165, 1.54) is 25.7 Å². The molecule has 59 valence electrons. The average Bonchev–Trinajstić information content (AvgIpc) is 2.58. The summed E-state index contributed by atoms with van der Waals surface area (Å²) in [6.07, 6.45) is 15.0. The van der Waals surface area contributed by atoms with Gasteiger partial charge in [-0.3, -0.25) is 0 Å². The van der Waals surface area contributed by atoms with Crippen LogP contribution >= 0.6 is 0 Å². The van der Waals surface area contributed by atoms with Crippen molar-refractivity contribution in [2.75, 3.05) is 0 Å². The van der Waals surface area contributed by atoms with Gasteiger partial charge in [0.2, 0.25) is 0 Å². The van der Waals surface area contributed by atoms with Gasteiger partial charge in [-0.25, -0.2) is 0 Å². The average molecular weight is 148 g/mol. The largest absolute Gasteiger partial charge is 0.384 e. The van der Waals surface area contributed by atoms with Gasteiger partial charge in [-0.1, -0.05) is 18.9 Å². The second-order valence-electron chi connectivity index (χ2n) is 3.38. The van der Waals surface area contributed by atoms with Crippen molar-refractivity contribution >= 4 is 0 Å². The minimum atomic E-state index is 0.502. The fraction of sp³-hybridized carbons (Fsp3) is 0.600. The van der Waals surface area contributed by atoms with Gasteiger partial charge in [0.25, 0.3) is 0 Å². The van der Waals surface area contributed by atoms with Crippen molar-refractivity contribution in [1.82, 2.24) is 5.32 Å². The molecule has 1 aliphatic heterocycles. The Kier molecular flexibility index (Phi) is 1.97. The van der Waals surface area contributed by atoms with Crippen molar-refractivity contribution in [1.29, 1.82) is 0 Å². The molecule has 1 heteroatoms. The standard InChI is InChI=1S/C10H14N/c1-2-6-9(5-1)10-7-3-4-8-11-10/h3-4,8-11H,1-2,5-6H2. The molecule has 1 radical (unpaired) electrons. The van der Waals surface area contributed by atoms with Gasteiger partial charge in [0.15, 0.2) is 0 Å². The summed E-state index contributed by atoms with van der Waals surface area (Å²) >= 11 is 0. The monoisotopic (exact) mass is 148 g/mol. The molecule has 0 aromatic heterocycles. The minimum absolute atomic E-state index is 0.502. The molecule has 0 saturated heterocycles. The van der Waals surface area contributed by atoms with Gasteiger partial charge in [-0.05, 0) is 37.1 Å². The number of allylic oxidation sites excluding steroid dienone is 2. The van der Waals surface area contributed by atoms with Gasteiger partial charge in [0, 0.05) is 0 Å². The molecule has 0 aromatic rings. The number of dihydropyridines is 1. The van der Waals surface area contributed by atoms with E-state index in [0.29, 0.717) is 6.04 Å². The minimum Gasteiger partial charge on any atom is -0.384 e. The van der Waals surface area contributed by atoms with E-state index in [-0.39, 0.29) is 0 Å². The molecule has 0 spiro atoms. The predicted octanol–water partition coefficient (Wildman–Crippen LogP) is 2.02. The van der Waals surface area contributed by atoms with Crippen LogP contribution in [0.4, 0.5) is 0 Å². The fourth-order valence-corrected chi connectivity index (χ4v) is 1.98. The molecule has 1 atom stereocenters. The van der Waals surface area contributed by atoms with Crippen LogP contribution in [0.1, 0.15) is 25.7 Å². The van der Waals surface area contributed by atoms with Gasteiger partial charge < -0.3 is 5.32 Å². The topological polar surface area (TPSA) is 12.0 Å². The summed E-state index contributed by atoms with van der Waals surface area (Å²) in [5.74, 6) is 0.844. The van der Waals surface area contributed by atoms with E-state index < -0.39 is 0 Å². The van der Waals surface area contributed by atoms with Crippen LogP contribution in [-0.4, -0.2) is 6.04 Å². The lowest BCUT2D eigenvalue weighted by atomic mass is 9.97. The number of nitrogens with one attached hydrogen (secondary N) is 1. The molecule has 0 amide bonds. The van der Waals surface area contributed by atoms with E-state index in [1.807, 2.05) is 18.4 Å². The van der Waals surface area contributed by atoms with Crippen molar-refractivity contribution in [2.24, 2.45) is 5.92 Å². The van der Waals surface area contributed by atoms with E-state index in [9.17, 15) is 0 Å². The van der Waals surface area contributed by atoms with Crippen molar-refractivity contribution in [3.63, 3.8) is 0 Å². The Bertz CT molecular complexity index is 175. The molecule has 0 aromatic carbocycles. The number of rotatable bonds is 1. The second kappa shape index (κ2) is 3.12. The third-order valence-electron chi connectivity index (χ3n) is 2.62. The molecule has 11 heavy (non-hydrogen) atoms. The Morgan fingerprint density at radius 3 is 2.73 bits per heavy atom. The first kappa shape index (κ1) is 6.96. The summed E-state index contributed by atoms with van der Waals surface area (Å²) in [4.78, 5) is 0.